The number of fused-ring (bicyclic) bond motifs is 1. The summed E-state index contributed by atoms with van der Waals surface area (Å²) in [4.78, 5) is 27.4. The second kappa shape index (κ2) is 7.61. The standard InChI is InChI=1S/C19H22FN3O2/c1-2-22-11-8-14(13-17(22)20)7-9-21-10-12-23-18(24)15-5-3-4-6-16(15)19(23)25/h3-6,8,13,21H,2,7,9-12H2,1H3. The number of benzene rings is 1. The number of amides is 2. The maximum atomic E-state index is 13.7. The Bertz CT molecular complexity index is 707. The number of carbonyl (C=O) groups excluding carboxylic acids is 2. The van der Waals surface area contributed by atoms with E-state index in [0.29, 0.717) is 50.3 Å². The number of imide groups is 1. The van der Waals surface area contributed by atoms with Gasteiger partial charge in [0.15, 0.2) is 5.95 Å². The van der Waals surface area contributed by atoms with E-state index < -0.39 is 0 Å². The molecule has 1 aromatic carbocycles. The summed E-state index contributed by atoms with van der Waals surface area (Å²) in [6.45, 7) is 4.71. The summed E-state index contributed by atoms with van der Waals surface area (Å²) in [7, 11) is 0. The lowest BCUT2D eigenvalue weighted by Crippen LogP contribution is -2.36. The molecule has 0 aromatic heterocycles. The van der Waals surface area contributed by atoms with Crippen LogP contribution in [-0.4, -0.2) is 54.3 Å². The van der Waals surface area contributed by atoms with Crippen molar-refractivity contribution in [1.82, 2.24) is 15.1 Å². The highest BCUT2D eigenvalue weighted by atomic mass is 19.1. The molecule has 132 valence electrons. The molecule has 5 nitrogen and oxygen atoms in total. The largest absolute Gasteiger partial charge is 0.345 e. The minimum absolute atomic E-state index is 0.189. The van der Waals surface area contributed by atoms with E-state index in [1.807, 2.05) is 13.0 Å². The summed E-state index contributed by atoms with van der Waals surface area (Å²) in [6, 6.07) is 6.88. The Kier molecular flexibility index (Phi) is 5.28. The molecule has 2 amide bonds. The fourth-order valence-corrected chi connectivity index (χ4v) is 3.06. The number of nitrogens with zero attached hydrogens (tertiary/aromatic N) is 2. The minimum Gasteiger partial charge on any atom is -0.345 e. The highest BCUT2D eigenvalue weighted by Crippen LogP contribution is 2.22. The highest BCUT2D eigenvalue weighted by molar-refractivity contribution is 6.21. The first-order valence-electron chi connectivity index (χ1n) is 8.59. The normalized spacial score (nSPS) is 16.9. The van der Waals surface area contributed by atoms with Gasteiger partial charge in [-0.15, -0.1) is 0 Å². The second-order valence-corrected chi connectivity index (χ2v) is 6.09. The van der Waals surface area contributed by atoms with Crippen LogP contribution in [0.3, 0.4) is 0 Å². The molecular weight excluding hydrogens is 321 g/mol. The number of hydrogen-bond donors (Lipinski definition) is 1. The van der Waals surface area contributed by atoms with E-state index in [2.05, 4.69) is 5.32 Å². The molecule has 2 heterocycles. The van der Waals surface area contributed by atoms with Crippen LogP contribution in [0.2, 0.25) is 0 Å². The smallest absolute Gasteiger partial charge is 0.261 e. The summed E-state index contributed by atoms with van der Waals surface area (Å²) < 4.78 is 13.7. The third-order valence-corrected chi connectivity index (χ3v) is 4.54. The fraction of sp³-hybridized carbons (Fsp3) is 0.368. The zero-order chi connectivity index (χ0) is 17.8. The van der Waals surface area contributed by atoms with Gasteiger partial charge in [0.25, 0.3) is 11.8 Å². The number of hydrogen-bond acceptors (Lipinski definition) is 4. The van der Waals surface area contributed by atoms with Crippen LogP contribution >= 0.6 is 0 Å². The first-order chi connectivity index (χ1) is 12.1. The number of carbonyl (C=O) groups is 2. The van der Waals surface area contributed by atoms with Gasteiger partial charge in [-0.2, -0.15) is 4.39 Å². The maximum absolute atomic E-state index is 13.7. The number of rotatable bonds is 7. The van der Waals surface area contributed by atoms with Gasteiger partial charge in [-0.3, -0.25) is 14.5 Å². The van der Waals surface area contributed by atoms with Gasteiger partial charge in [0.05, 0.1) is 11.1 Å². The Morgan fingerprint density at radius 3 is 2.40 bits per heavy atom. The Hall–Kier alpha value is -2.47. The average molecular weight is 343 g/mol. The van der Waals surface area contributed by atoms with Crippen LogP contribution < -0.4 is 5.32 Å². The van der Waals surface area contributed by atoms with Crippen LogP contribution in [0.4, 0.5) is 4.39 Å². The molecule has 0 bridgehead atoms. The number of halogens is 1. The Balaban J connectivity index is 1.42. The molecule has 2 aliphatic heterocycles. The van der Waals surface area contributed by atoms with Crippen molar-refractivity contribution in [1.29, 1.82) is 0 Å². The van der Waals surface area contributed by atoms with E-state index in [0.717, 1.165) is 5.57 Å². The van der Waals surface area contributed by atoms with Crippen molar-refractivity contribution in [2.75, 3.05) is 32.7 Å². The fourth-order valence-electron chi connectivity index (χ4n) is 3.06. The van der Waals surface area contributed by atoms with E-state index >= 15 is 0 Å². The van der Waals surface area contributed by atoms with Crippen LogP contribution in [0.25, 0.3) is 0 Å². The van der Waals surface area contributed by atoms with Crippen LogP contribution in [-0.2, 0) is 0 Å². The summed E-state index contributed by atoms with van der Waals surface area (Å²) in [5.74, 6) is -0.657. The van der Waals surface area contributed by atoms with Gasteiger partial charge in [0.2, 0.25) is 0 Å². The Labute approximate surface area is 146 Å². The first-order valence-corrected chi connectivity index (χ1v) is 8.59. The molecule has 25 heavy (non-hydrogen) atoms. The summed E-state index contributed by atoms with van der Waals surface area (Å²) in [5.41, 5.74) is 1.91. The number of likely N-dealkylation sites (N-methyl/N-ethyl adjacent to an activating group) is 1. The van der Waals surface area contributed by atoms with Crippen LogP contribution in [0.5, 0.6) is 0 Å². The van der Waals surface area contributed by atoms with Crippen molar-refractivity contribution in [3.8, 4) is 0 Å². The van der Waals surface area contributed by atoms with Gasteiger partial charge < -0.3 is 10.2 Å². The van der Waals surface area contributed by atoms with Crippen molar-refractivity contribution in [2.45, 2.75) is 13.3 Å². The maximum Gasteiger partial charge on any atom is 0.261 e. The van der Waals surface area contributed by atoms with Crippen molar-refractivity contribution in [3.05, 3.63) is 59.1 Å². The van der Waals surface area contributed by atoms with Gasteiger partial charge in [0, 0.05) is 26.2 Å². The number of allylic oxidation sites excluding steroid dienone is 1. The van der Waals surface area contributed by atoms with Crippen molar-refractivity contribution in [2.24, 2.45) is 0 Å². The quantitative estimate of drug-likeness (QED) is 0.469. The molecule has 0 radical (unpaired) electrons. The summed E-state index contributed by atoms with van der Waals surface area (Å²) in [5, 5.41) is 3.22. The molecule has 0 unspecified atom stereocenters. The molecule has 2 aliphatic rings. The van der Waals surface area contributed by atoms with Gasteiger partial charge in [0.1, 0.15) is 0 Å². The van der Waals surface area contributed by atoms with Gasteiger partial charge in [-0.25, -0.2) is 0 Å². The predicted octanol–water partition coefficient (Wildman–Crippen LogP) is 2.34. The zero-order valence-corrected chi connectivity index (χ0v) is 14.3. The lowest BCUT2D eigenvalue weighted by Gasteiger charge is -2.23. The highest BCUT2D eigenvalue weighted by Gasteiger charge is 2.34. The van der Waals surface area contributed by atoms with Crippen molar-refractivity contribution < 1.29 is 14.0 Å². The lowest BCUT2D eigenvalue weighted by atomic mass is 10.1. The molecular formula is C19H22FN3O2. The topological polar surface area (TPSA) is 52.6 Å². The Morgan fingerprint density at radius 2 is 1.80 bits per heavy atom. The number of nitrogens with one attached hydrogen (secondary N) is 1. The van der Waals surface area contributed by atoms with Gasteiger partial charge in [-0.1, -0.05) is 18.2 Å². The molecule has 0 aliphatic carbocycles. The van der Waals surface area contributed by atoms with Crippen LogP contribution in [0.15, 0.2) is 47.9 Å². The molecule has 0 spiro atoms. The van der Waals surface area contributed by atoms with E-state index in [1.165, 1.54) is 4.90 Å². The molecule has 0 saturated carbocycles. The predicted molar refractivity (Wildman–Crippen MR) is 93.8 cm³/mol. The second-order valence-electron chi connectivity index (χ2n) is 6.09. The van der Waals surface area contributed by atoms with E-state index in [9.17, 15) is 14.0 Å². The molecule has 0 atom stereocenters. The Morgan fingerprint density at radius 1 is 1.12 bits per heavy atom. The molecule has 3 rings (SSSR count). The van der Waals surface area contributed by atoms with Crippen LogP contribution in [0, 0.1) is 0 Å². The third kappa shape index (κ3) is 3.64. The molecule has 0 fully saturated rings. The third-order valence-electron chi connectivity index (χ3n) is 4.54. The van der Waals surface area contributed by atoms with Crippen molar-refractivity contribution >= 4 is 11.8 Å². The lowest BCUT2D eigenvalue weighted by molar-refractivity contribution is 0.0655. The summed E-state index contributed by atoms with van der Waals surface area (Å²) in [6.07, 6.45) is 4.31. The van der Waals surface area contributed by atoms with Gasteiger partial charge in [-0.05, 0) is 43.7 Å². The molecule has 0 saturated heterocycles. The van der Waals surface area contributed by atoms with E-state index in [4.69, 9.17) is 0 Å². The SMILES string of the molecule is CCN1CC=C(CCNCCN2C(=O)c3ccccc3C2=O)C=C1F. The van der Waals surface area contributed by atoms with Gasteiger partial charge >= 0.3 is 0 Å². The van der Waals surface area contributed by atoms with E-state index in [-0.39, 0.29) is 17.8 Å². The monoisotopic (exact) mass is 343 g/mol. The molecule has 1 N–H and O–H groups in total. The minimum atomic E-state index is -0.234. The first kappa shape index (κ1) is 17.4. The van der Waals surface area contributed by atoms with Crippen molar-refractivity contribution in [3.63, 3.8) is 0 Å². The molecule has 1 aromatic rings. The average Bonchev–Trinajstić information content (AvgIpc) is 2.86. The zero-order valence-electron chi connectivity index (χ0n) is 14.3. The van der Waals surface area contributed by atoms with Crippen LogP contribution in [0.1, 0.15) is 34.1 Å². The van der Waals surface area contributed by atoms with E-state index in [1.54, 1.807) is 35.2 Å². The summed E-state index contributed by atoms with van der Waals surface area (Å²) >= 11 is 0. The molecule has 6 heteroatoms.